The molecule has 106 valence electrons. The molecule has 1 aromatic heterocycles. The van der Waals surface area contributed by atoms with Crippen molar-refractivity contribution in [3.05, 3.63) is 71.0 Å². The molecule has 0 spiro atoms. The number of benzene rings is 2. The van der Waals surface area contributed by atoms with E-state index >= 15 is 0 Å². The van der Waals surface area contributed by atoms with Crippen molar-refractivity contribution in [2.24, 2.45) is 0 Å². The minimum Gasteiger partial charge on any atom is -0.457 e. The Morgan fingerprint density at radius 3 is 2.81 bits per heavy atom. The van der Waals surface area contributed by atoms with Gasteiger partial charge < -0.3 is 9.52 Å². The van der Waals surface area contributed by atoms with Gasteiger partial charge in [0.25, 0.3) is 0 Å². The Labute approximate surface area is 124 Å². The lowest BCUT2D eigenvalue weighted by molar-refractivity contribution is 0.0406. The third-order valence-corrected chi connectivity index (χ3v) is 4.60. The third-order valence-electron chi connectivity index (χ3n) is 4.60. The minimum absolute atomic E-state index is 0.666. The Hall–Kier alpha value is -2.06. The van der Waals surface area contributed by atoms with Crippen molar-refractivity contribution in [2.75, 3.05) is 0 Å². The van der Waals surface area contributed by atoms with E-state index in [0.29, 0.717) is 12.2 Å². The maximum absolute atomic E-state index is 11.3. The number of aryl methyl sites for hydroxylation is 2. The van der Waals surface area contributed by atoms with Crippen LogP contribution in [0.4, 0.5) is 0 Å². The molecule has 0 saturated heterocycles. The fourth-order valence-corrected chi connectivity index (χ4v) is 3.48. The van der Waals surface area contributed by atoms with Crippen molar-refractivity contribution in [1.29, 1.82) is 0 Å². The van der Waals surface area contributed by atoms with Crippen molar-refractivity contribution in [3.8, 4) is 0 Å². The van der Waals surface area contributed by atoms with Crippen LogP contribution in [0.5, 0.6) is 0 Å². The highest BCUT2D eigenvalue weighted by atomic mass is 16.4. The summed E-state index contributed by atoms with van der Waals surface area (Å²) in [6, 6.07) is 16.2. The zero-order chi connectivity index (χ0) is 14.4. The van der Waals surface area contributed by atoms with Gasteiger partial charge in [0.1, 0.15) is 16.9 Å². The van der Waals surface area contributed by atoms with Gasteiger partial charge in [-0.1, -0.05) is 42.5 Å². The van der Waals surface area contributed by atoms with E-state index in [1.807, 2.05) is 49.4 Å². The highest BCUT2D eigenvalue weighted by Crippen LogP contribution is 2.42. The van der Waals surface area contributed by atoms with Crippen LogP contribution in [0.1, 0.15) is 35.3 Å². The quantitative estimate of drug-likeness (QED) is 0.719. The van der Waals surface area contributed by atoms with E-state index in [2.05, 4.69) is 6.07 Å². The van der Waals surface area contributed by atoms with Gasteiger partial charge in [0.2, 0.25) is 0 Å². The number of furan rings is 1. The first kappa shape index (κ1) is 12.7. The predicted molar refractivity (Wildman–Crippen MR) is 83.3 cm³/mol. The summed E-state index contributed by atoms with van der Waals surface area (Å²) in [4.78, 5) is 0. The van der Waals surface area contributed by atoms with Crippen LogP contribution >= 0.6 is 0 Å². The molecule has 1 heterocycles. The van der Waals surface area contributed by atoms with Crippen LogP contribution < -0.4 is 0 Å². The second kappa shape index (κ2) is 4.47. The Morgan fingerprint density at radius 1 is 1.10 bits per heavy atom. The number of fused-ring (bicyclic) bond motifs is 2. The molecule has 0 bridgehead atoms. The van der Waals surface area contributed by atoms with Gasteiger partial charge >= 0.3 is 0 Å². The zero-order valence-electron chi connectivity index (χ0n) is 12.1. The molecule has 0 radical (unpaired) electrons. The summed E-state index contributed by atoms with van der Waals surface area (Å²) in [5, 5.41) is 12.3. The van der Waals surface area contributed by atoms with Crippen LogP contribution in [0.25, 0.3) is 11.0 Å². The van der Waals surface area contributed by atoms with Crippen LogP contribution in [-0.2, 0) is 12.0 Å². The molecule has 1 atom stereocenters. The molecule has 4 rings (SSSR count). The van der Waals surface area contributed by atoms with Crippen LogP contribution in [0.15, 0.2) is 52.9 Å². The van der Waals surface area contributed by atoms with Crippen molar-refractivity contribution in [2.45, 2.75) is 31.8 Å². The van der Waals surface area contributed by atoms with Gasteiger partial charge in [-0.25, -0.2) is 0 Å². The van der Waals surface area contributed by atoms with E-state index in [4.69, 9.17) is 4.42 Å². The molecular formula is C19H18O2. The van der Waals surface area contributed by atoms with E-state index in [9.17, 15) is 5.11 Å². The molecule has 1 aliphatic rings. The number of rotatable bonds is 1. The Kier molecular flexibility index (Phi) is 2.69. The van der Waals surface area contributed by atoms with Crippen molar-refractivity contribution in [3.63, 3.8) is 0 Å². The summed E-state index contributed by atoms with van der Waals surface area (Å²) in [7, 11) is 0. The van der Waals surface area contributed by atoms with Crippen LogP contribution in [0.2, 0.25) is 0 Å². The molecule has 0 aliphatic heterocycles. The maximum atomic E-state index is 11.3. The summed E-state index contributed by atoms with van der Waals surface area (Å²) in [6.07, 6.45) is 2.71. The summed E-state index contributed by atoms with van der Waals surface area (Å²) in [5.41, 5.74) is 3.20. The van der Waals surface area contributed by atoms with E-state index in [1.165, 1.54) is 5.56 Å². The first-order chi connectivity index (χ1) is 10.2. The summed E-state index contributed by atoms with van der Waals surface area (Å²) >= 11 is 0. The highest BCUT2D eigenvalue weighted by molar-refractivity contribution is 5.81. The van der Waals surface area contributed by atoms with E-state index < -0.39 is 5.60 Å². The first-order valence-electron chi connectivity index (χ1n) is 7.49. The number of aliphatic hydroxyl groups is 1. The number of para-hydroxylation sites is 1. The molecular weight excluding hydrogens is 260 g/mol. The SMILES string of the molecule is Cc1cccc2cc(C3(O)CCCc4ccccc43)oc12. The van der Waals surface area contributed by atoms with Crippen molar-refractivity contribution < 1.29 is 9.52 Å². The van der Waals surface area contributed by atoms with Gasteiger partial charge in [-0.15, -0.1) is 0 Å². The average Bonchev–Trinajstić information content (AvgIpc) is 2.94. The lowest BCUT2D eigenvalue weighted by Crippen LogP contribution is -2.31. The molecule has 0 fully saturated rings. The molecule has 0 amide bonds. The van der Waals surface area contributed by atoms with Gasteiger partial charge in [-0.2, -0.15) is 0 Å². The van der Waals surface area contributed by atoms with Crippen LogP contribution in [0, 0.1) is 6.92 Å². The fraction of sp³-hybridized carbons (Fsp3) is 0.263. The fourth-order valence-electron chi connectivity index (χ4n) is 3.48. The average molecular weight is 278 g/mol. The standard InChI is InChI=1S/C19H18O2/c1-13-6-4-8-15-12-17(21-18(13)15)19(20)11-5-9-14-7-2-3-10-16(14)19/h2-4,6-8,10,12,20H,5,9,11H2,1H3. The Morgan fingerprint density at radius 2 is 1.95 bits per heavy atom. The van der Waals surface area contributed by atoms with E-state index in [1.54, 1.807) is 0 Å². The van der Waals surface area contributed by atoms with E-state index in [-0.39, 0.29) is 0 Å². The van der Waals surface area contributed by atoms with Crippen LogP contribution in [0.3, 0.4) is 0 Å². The molecule has 0 saturated carbocycles. The smallest absolute Gasteiger partial charge is 0.147 e. The molecule has 2 nitrogen and oxygen atoms in total. The molecule has 1 aliphatic carbocycles. The molecule has 2 aromatic carbocycles. The van der Waals surface area contributed by atoms with Gasteiger partial charge in [-0.3, -0.25) is 0 Å². The molecule has 3 aromatic rings. The topological polar surface area (TPSA) is 33.4 Å². The Balaban J connectivity index is 1.94. The van der Waals surface area contributed by atoms with E-state index in [0.717, 1.165) is 34.9 Å². The summed E-state index contributed by atoms with van der Waals surface area (Å²) in [5.74, 6) is 0.666. The molecule has 1 N–H and O–H groups in total. The number of hydrogen-bond acceptors (Lipinski definition) is 2. The number of hydrogen-bond donors (Lipinski definition) is 1. The zero-order valence-corrected chi connectivity index (χ0v) is 12.1. The van der Waals surface area contributed by atoms with Crippen LogP contribution in [-0.4, -0.2) is 5.11 Å². The predicted octanol–water partition coefficient (Wildman–Crippen LogP) is 4.31. The second-order valence-corrected chi connectivity index (χ2v) is 5.97. The van der Waals surface area contributed by atoms with Gasteiger partial charge in [0.05, 0.1) is 0 Å². The van der Waals surface area contributed by atoms with Gasteiger partial charge in [-0.05, 0) is 48.9 Å². The highest BCUT2D eigenvalue weighted by Gasteiger charge is 2.38. The maximum Gasteiger partial charge on any atom is 0.147 e. The molecule has 2 heteroatoms. The second-order valence-electron chi connectivity index (χ2n) is 5.97. The van der Waals surface area contributed by atoms with Gasteiger partial charge in [0.15, 0.2) is 0 Å². The largest absolute Gasteiger partial charge is 0.457 e. The molecule has 21 heavy (non-hydrogen) atoms. The summed E-state index contributed by atoms with van der Waals surface area (Å²) in [6.45, 7) is 2.04. The molecule has 1 unspecified atom stereocenters. The first-order valence-corrected chi connectivity index (χ1v) is 7.49. The third kappa shape index (κ3) is 1.83. The minimum atomic E-state index is -1.000. The van der Waals surface area contributed by atoms with Crippen molar-refractivity contribution in [1.82, 2.24) is 0 Å². The summed E-state index contributed by atoms with van der Waals surface area (Å²) < 4.78 is 6.05. The lowest BCUT2D eigenvalue weighted by Gasteiger charge is -2.32. The monoisotopic (exact) mass is 278 g/mol. The normalized spacial score (nSPS) is 21.4. The van der Waals surface area contributed by atoms with Gasteiger partial charge in [0, 0.05) is 5.39 Å². The Bertz CT molecular complexity index is 815. The lowest BCUT2D eigenvalue weighted by atomic mass is 9.77. The van der Waals surface area contributed by atoms with Crippen molar-refractivity contribution >= 4 is 11.0 Å².